The molecular weight excluding hydrogens is 368 g/mol. The summed E-state index contributed by atoms with van der Waals surface area (Å²) < 4.78 is 1.02. The molecule has 3 rings (SSSR count). The number of nitrogens with zero attached hydrogens (tertiary/aromatic N) is 1. The highest BCUT2D eigenvalue weighted by molar-refractivity contribution is 9.10. The van der Waals surface area contributed by atoms with E-state index in [9.17, 15) is 4.79 Å². The van der Waals surface area contributed by atoms with Crippen LogP contribution >= 0.6 is 28.3 Å². The average molecular weight is 382 g/mol. The fourth-order valence-electron chi connectivity index (χ4n) is 2.03. The number of H-pyrrole nitrogens is 1. The van der Waals surface area contributed by atoms with E-state index in [0.29, 0.717) is 6.54 Å². The van der Waals surface area contributed by atoms with Crippen LogP contribution in [0.15, 0.2) is 53.1 Å². The van der Waals surface area contributed by atoms with Crippen molar-refractivity contribution in [1.29, 1.82) is 0 Å². The molecule has 3 aromatic rings. The number of carbonyl (C=O) groups is 1. The van der Waals surface area contributed by atoms with Crippen molar-refractivity contribution in [3.05, 3.63) is 58.7 Å². The van der Waals surface area contributed by atoms with Crippen molar-refractivity contribution in [3.8, 4) is 0 Å². The lowest BCUT2D eigenvalue weighted by Gasteiger charge is -2.08. The summed E-state index contributed by atoms with van der Waals surface area (Å²) in [5.74, 6) is 0. The zero-order valence-electron chi connectivity index (χ0n) is 11.5. The molecule has 114 valence electrons. The van der Waals surface area contributed by atoms with E-state index >= 15 is 0 Å². The number of urea groups is 1. The Kier molecular flexibility index (Phi) is 5.41. The maximum Gasteiger partial charge on any atom is 0.319 e. The quantitative estimate of drug-likeness (QED) is 0.640. The molecule has 1 heterocycles. The lowest BCUT2D eigenvalue weighted by Crippen LogP contribution is -2.28. The van der Waals surface area contributed by atoms with Gasteiger partial charge in [-0.3, -0.25) is 5.10 Å². The highest BCUT2D eigenvalue weighted by Crippen LogP contribution is 2.20. The minimum atomic E-state index is -0.244. The predicted molar refractivity (Wildman–Crippen MR) is 93.3 cm³/mol. The Bertz CT molecular complexity index is 773. The maximum atomic E-state index is 12.0. The number of hydrogen-bond acceptors (Lipinski definition) is 2. The number of hydrogen-bond donors (Lipinski definition) is 3. The minimum Gasteiger partial charge on any atom is -0.334 e. The number of fused-ring (bicyclic) bond motifs is 1. The van der Waals surface area contributed by atoms with Crippen molar-refractivity contribution in [1.82, 2.24) is 15.5 Å². The lowest BCUT2D eigenvalue weighted by molar-refractivity contribution is 0.252. The molecule has 2 amide bonds. The number of benzene rings is 2. The van der Waals surface area contributed by atoms with Crippen molar-refractivity contribution in [2.45, 2.75) is 6.54 Å². The lowest BCUT2D eigenvalue weighted by atomic mass is 10.2. The first kappa shape index (κ1) is 16.3. The average Bonchev–Trinajstić information content (AvgIpc) is 2.96. The fourth-order valence-corrected chi connectivity index (χ4v) is 2.29. The van der Waals surface area contributed by atoms with Crippen LogP contribution in [0.1, 0.15) is 5.56 Å². The van der Waals surface area contributed by atoms with Crippen LogP contribution in [0.2, 0.25) is 0 Å². The first-order chi connectivity index (χ1) is 10.2. The molecule has 3 N–H and O–H groups in total. The van der Waals surface area contributed by atoms with Crippen molar-refractivity contribution in [3.63, 3.8) is 0 Å². The maximum absolute atomic E-state index is 12.0. The third-order valence-corrected chi connectivity index (χ3v) is 3.63. The second-order valence-corrected chi connectivity index (χ2v) is 5.49. The second-order valence-electron chi connectivity index (χ2n) is 4.57. The van der Waals surface area contributed by atoms with E-state index in [-0.39, 0.29) is 18.4 Å². The van der Waals surface area contributed by atoms with Gasteiger partial charge in [0.2, 0.25) is 0 Å². The molecule has 7 heteroatoms. The van der Waals surface area contributed by atoms with Gasteiger partial charge in [0.05, 0.1) is 17.4 Å². The van der Waals surface area contributed by atoms with Gasteiger partial charge in [0.15, 0.2) is 0 Å². The molecule has 0 unspecified atom stereocenters. The monoisotopic (exact) mass is 380 g/mol. The Morgan fingerprint density at radius 2 is 1.95 bits per heavy atom. The molecule has 0 aliphatic heterocycles. The van der Waals surface area contributed by atoms with Gasteiger partial charge in [-0.1, -0.05) is 34.1 Å². The summed E-state index contributed by atoms with van der Waals surface area (Å²) in [4.78, 5) is 12.0. The minimum absolute atomic E-state index is 0. The molecule has 22 heavy (non-hydrogen) atoms. The van der Waals surface area contributed by atoms with Gasteiger partial charge in [-0.2, -0.15) is 5.10 Å². The van der Waals surface area contributed by atoms with E-state index in [1.165, 1.54) is 0 Å². The predicted octanol–water partition coefficient (Wildman–Crippen LogP) is 4.07. The van der Waals surface area contributed by atoms with Gasteiger partial charge in [0.25, 0.3) is 0 Å². The molecule has 0 aliphatic carbocycles. The Hall–Kier alpha value is -2.05. The third-order valence-electron chi connectivity index (χ3n) is 3.10. The summed E-state index contributed by atoms with van der Waals surface area (Å²) in [6.45, 7) is 0.473. The number of nitrogens with one attached hydrogen (secondary N) is 3. The zero-order valence-corrected chi connectivity index (χ0v) is 13.9. The van der Waals surface area contributed by atoms with Crippen LogP contribution in [0.25, 0.3) is 10.9 Å². The second kappa shape index (κ2) is 7.29. The van der Waals surface area contributed by atoms with E-state index in [4.69, 9.17) is 0 Å². The number of halogens is 2. The molecule has 0 atom stereocenters. The topological polar surface area (TPSA) is 69.8 Å². The van der Waals surface area contributed by atoms with E-state index < -0.39 is 0 Å². The number of aromatic nitrogens is 2. The smallest absolute Gasteiger partial charge is 0.319 e. The molecule has 5 nitrogen and oxygen atoms in total. The largest absolute Gasteiger partial charge is 0.334 e. The van der Waals surface area contributed by atoms with Gasteiger partial charge in [0.1, 0.15) is 0 Å². The fraction of sp³-hybridized carbons (Fsp3) is 0.0667. The first-order valence-electron chi connectivity index (χ1n) is 6.44. The van der Waals surface area contributed by atoms with Crippen molar-refractivity contribution in [2.24, 2.45) is 0 Å². The van der Waals surface area contributed by atoms with Crippen LogP contribution in [0.3, 0.4) is 0 Å². The summed E-state index contributed by atoms with van der Waals surface area (Å²) in [6, 6.07) is 13.2. The zero-order chi connectivity index (χ0) is 14.7. The number of anilines is 1. The van der Waals surface area contributed by atoms with Crippen LogP contribution in [-0.2, 0) is 6.54 Å². The number of rotatable bonds is 3. The van der Waals surface area contributed by atoms with E-state index in [2.05, 4.69) is 36.8 Å². The SMILES string of the molecule is Cl.O=C(NCc1ccc(Br)cc1)Nc1cccc2[nH]ncc12. The molecular formula is C15H14BrClN4O. The molecule has 0 radical (unpaired) electrons. The summed E-state index contributed by atoms with van der Waals surface area (Å²) >= 11 is 3.38. The Morgan fingerprint density at radius 3 is 2.73 bits per heavy atom. The highest BCUT2D eigenvalue weighted by Gasteiger charge is 2.06. The van der Waals surface area contributed by atoms with E-state index in [0.717, 1.165) is 26.6 Å². The highest BCUT2D eigenvalue weighted by atomic mass is 79.9. The van der Waals surface area contributed by atoms with Gasteiger partial charge >= 0.3 is 6.03 Å². The molecule has 0 saturated heterocycles. The molecule has 0 spiro atoms. The molecule has 0 aliphatic rings. The van der Waals surface area contributed by atoms with Gasteiger partial charge < -0.3 is 10.6 Å². The summed E-state index contributed by atoms with van der Waals surface area (Å²) in [6.07, 6.45) is 1.69. The van der Waals surface area contributed by atoms with Crippen LogP contribution < -0.4 is 10.6 Å². The van der Waals surface area contributed by atoms with Crippen LogP contribution in [0.4, 0.5) is 10.5 Å². The van der Waals surface area contributed by atoms with Gasteiger partial charge in [-0.05, 0) is 29.8 Å². The Balaban J connectivity index is 0.00000176. The van der Waals surface area contributed by atoms with Crippen LogP contribution in [0.5, 0.6) is 0 Å². The normalized spacial score (nSPS) is 10.0. The summed E-state index contributed by atoms with van der Waals surface area (Å²) in [5, 5.41) is 13.4. The number of carbonyl (C=O) groups excluding carboxylic acids is 1. The molecule has 0 saturated carbocycles. The molecule has 0 bridgehead atoms. The van der Waals surface area contributed by atoms with Crippen LogP contribution in [0, 0.1) is 0 Å². The third kappa shape index (κ3) is 3.78. The van der Waals surface area contributed by atoms with Crippen molar-refractivity contribution >= 4 is 51.0 Å². The van der Waals surface area contributed by atoms with Crippen molar-refractivity contribution in [2.75, 3.05) is 5.32 Å². The van der Waals surface area contributed by atoms with Gasteiger partial charge in [-0.15, -0.1) is 12.4 Å². The van der Waals surface area contributed by atoms with Gasteiger partial charge in [0, 0.05) is 16.4 Å². The van der Waals surface area contributed by atoms with Crippen molar-refractivity contribution < 1.29 is 4.79 Å². The molecule has 0 fully saturated rings. The Morgan fingerprint density at radius 1 is 1.18 bits per heavy atom. The summed E-state index contributed by atoms with van der Waals surface area (Å²) in [5.41, 5.74) is 2.66. The van der Waals surface area contributed by atoms with E-state index in [1.54, 1.807) is 6.20 Å². The number of aromatic amines is 1. The molecule has 2 aromatic carbocycles. The molecule has 1 aromatic heterocycles. The summed E-state index contributed by atoms with van der Waals surface area (Å²) in [7, 11) is 0. The van der Waals surface area contributed by atoms with E-state index in [1.807, 2.05) is 42.5 Å². The standard InChI is InChI=1S/C15H13BrN4O.ClH/c16-11-6-4-10(5-7-11)8-17-15(21)19-13-2-1-3-14-12(13)9-18-20-14;/h1-7,9H,8H2,(H,18,20)(H2,17,19,21);1H. The Labute approximate surface area is 142 Å². The van der Waals surface area contributed by atoms with Crippen LogP contribution in [-0.4, -0.2) is 16.2 Å². The van der Waals surface area contributed by atoms with Gasteiger partial charge in [-0.25, -0.2) is 4.79 Å². The number of amides is 2. The first-order valence-corrected chi connectivity index (χ1v) is 7.23.